The molecule has 3 rings (SSSR count). The van der Waals surface area contributed by atoms with Gasteiger partial charge in [-0.2, -0.15) is 0 Å². The van der Waals surface area contributed by atoms with E-state index in [1.165, 1.54) is 16.8 Å². The van der Waals surface area contributed by atoms with Gasteiger partial charge >= 0.3 is 0 Å². The van der Waals surface area contributed by atoms with Crippen molar-refractivity contribution < 1.29 is 0 Å². The number of nitrogens with one attached hydrogen (secondary N) is 1. The first-order valence-corrected chi connectivity index (χ1v) is 6.58. The van der Waals surface area contributed by atoms with Crippen molar-refractivity contribution >= 4 is 22.1 Å². The number of halogens is 1. The van der Waals surface area contributed by atoms with E-state index in [1.807, 2.05) is 6.21 Å². The lowest BCUT2D eigenvalue weighted by atomic mass is 10.1. The van der Waals surface area contributed by atoms with Crippen molar-refractivity contribution in [3.05, 3.63) is 45.6 Å². The lowest BCUT2D eigenvalue weighted by Gasteiger charge is -2.21. The average molecular weight is 292 g/mol. The third-order valence-corrected chi connectivity index (χ3v) is 3.58. The summed E-state index contributed by atoms with van der Waals surface area (Å²) in [5, 5.41) is 2.25. The van der Waals surface area contributed by atoms with Crippen LogP contribution in [0.3, 0.4) is 0 Å². The highest BCUT2D eigenvalue weighted by Gasteiger charge is 2.19. The summed E-state index contributed by atoms with van der Waals surface area (Å²) in [4.78, 5) is 4.19. The minimum absolute atomic E-state index is 0.894. The van der Waals surface area contributed by atoms with Crippen molar-refractivity contribution in [1.29, 1.82) is 0 Å². The summed E-state index contributed by atoms with van der Waals surface area (Å²) in [5.41, 5.74) is 7.54. The van der Waals surface area contributed by atoms with Gasteiger partial charge in [-0.15, -0.1) is 0 Å². The fourth-order valence-electron chi connectivity index (χ4n) is 2.22. The number of hydrazine groups is 1. The highest BCUT2D eigenvalue weighted by Crippen LogP contribution is 2.25. The molecule has 0 bridgehead atoms. The van der Waals surface area contributed by atoms with Gasteiger partial charge in [0.2, 0.25) is 0 Å². The Morgan fingerprint density at radius 1 is 1.24 bits per heavy atom. The summed E-state index contributed by atoms with van der Waals surface area (Å²) in [5.74, 6) is 0. The number of allylic oxidation sites excluding steroid dienone is 1. The summed E-state index contributed by atoms with van der Waals surface area (Å²) < 4.78 is 1.15. The highest BCUT2D eigenvalue weighted by atomic mass is 79.9. The SMILES string of the molecule is Brc1ccc2c(c1)CN(NC1=CC=NCC1)C2. The molecule has 0 aromatic heterocycles. The van der Waals surface area contributed by atoms with E-state index in [4.69, 9.17) is 0 Å². The van der Waals surface area contributed by atoms with E-state index < -0.39 is 0 Å². The van der Waals surface area contributed by atoms with Crippen molar-refractivity contribution in [1.82, 2.24) is 10.4 Å². The molecule has 88 valence electrons. The molecule has 1 aromatic carbocycles. The molecule has 0 saturated heterocycles. The van der Waals surface area contributed by atoms with Gasteiger partial charge in [0.25, 0.3) is 0 Å². The number of hydrogen-bond donors (Lipinski definition) is 1. The van der Waals surface area contributed by atoms with Crippen molar-refractivity contribution in [2.45, 2.75) is 19.5 Å². The second kappa shape index (κ2) is 4.63. The smallest absolute Gasteiger partial charge is 0.0444 e. The normalized spacial score (nSPS) is 19.0. The van der Waals surface area contributed by atoms with E-state index in [0.717, 1.165) is 30.5 Å². The predicted octanol–water partition coefficient (Wildman–Crippen LogP) is 2.63. The molecule has 4 heteroatoms. The second-order valence-electron chi connectivity index (χ2n) is 4.38. The molecule has 0 spiro atoms. The monoisotopic (exact) mass is 291 g/mol. The van der Waals surface area contributed by atoms with Gasteiger partial charge in [0.15, 0.2) is 0 Å². The Labute approximate surface area is 109 Å². The Hall–Kier alpha value is -1.13. The fourth-order valence-corrected chi connectivity index (χ4v) is 2.63. The van der Waals surface area contributed by atoms with Crippen molar-refractivity contribution in [2.75, 3.05) is 6.54 Å². The molecule has 1 N–H and O–H groups in total. The van der Waals surface area contributed by atoms with E-state index >= 15 is 0 Å². The number of nitrogens with zero attached hydrogens (tertiary/aromatic N) is 2. The van der Waals surface area contributed by atoms with Crippen LogP contribution in [0.4, 0.5) is 0 Å². The van der Waals surface area contributed by atoms with Crippen LogP contribution in [0.15, 0.2) is 39.4 Å². The highest BCUT2D eigenvalue weighted by molar-refractivity contribution is 9.10. The molecule has 3 nitrogen and oxygen atoms in total. The maximum absolute atomic E-state index is 4.19. The number of aliphatic imine (C=N–C) groups is 1. The largest absolute Gasteiger partial charge is 0.322 e. The van der Waals surface area contributed by atoms with Crippen LogP contribution in [0.1, 0.15) is 17.5 Å². The Balaban J connectivity index is 1.69. The van der Waals surface area contributed by atoms with E-state index in [1.54, 1.807) is 0 Å². The number of hydrogen-bond acceptors (Lipinski definition) is 3. The van der Waals surface area contributed by atoms with Crippen LogP contribution in [0.25, 0.3) is 0 Å². The molecule has 2 aliphatic heterocycles. The predicted molar refractivity (Wildman–Crippen MR) is 72.6 cm³/mol. The van der Waals surface area contributed by atoms with Crippen molar-refractivity contribution in [2.24, 2.45) is 4.99 Å². The lowest BCUT2D eigenvalue weighted by Crippen LogP contribution is -2.33. The first kappa shape index (κ1) is 11.0. The van der Waals surface area contributed by atoms with Crippen LogP contribution in [0.2, 0.25) is 0 Å². The summed E-state index contributed by atoms with van der Waals surface area (Å²) in [6.45, 7) is 2.82. The molecule has 0 fully saturated rings. The van der Waals surface area contributed by atoms with Crippen LogP contribution in [0.5, 0.6) is 0 Å². The maximum atomic E-state index is 4.19. The summed E-state index contributed by atoms with van der Waals surface area (Å²) in [7, 11) is 0. The number of fused-ring (bicyclic) bond motifs is 1. The van der Waals surface area contributed by atoms with Gasteiger partial charge in [-0.05, 0) is 29.3 Å². The van der Waals surface area contributed by atoms with Crippen LogP contribution >= 0.6 is 15.9 Å². The standard InChI is InChI=1S/C13H14BrN3/c14-12-2-1-10-8-17(9-11(10)7-12)16-13-3-5-15-6-4-13/h1-3,5,7,16H,4,6,8-9H2. The lowest BCUT2D eigenvalue weighted by molar-refractivity contribution is 0.213. The first-order valence-electron chi connectivity index (χ1n) is 5.79. The minimum Gasteiger partial charge on any atom is -0.322 e. The van der Waals surface area contributed by atoms with Crippen molar-refractivity contribution in [3.63, 3.8) is 0 Å². The van der Waals surface area contributed by atoms with Gasteiger partial charge in [0, 0.05) is 42.4 Å². The number of rotatable bonds is 2. The van der Waals surface area contributed by atoms with Gasteiger partial charge in [0.05, 0.1) is 0 Å². The van der Waals surface area contributed by atoms with Crippen LogP contribution < -0.4 is 5.43 Å². The van der Waals surface area contributed by atoms with Gasteiger partial charge in [-0.3, -0.25) is 4.99 Å². The van der Waals surface area contributed by atoms with E-state index in [9.17, 15) is 0 Å². The molecular formula is C13H14BrN3. The van der Waals surface area contributed by atoms with Crippen LogP contribution in [-0.2, 0) is 13.1 Å². The van der Waals surface area contributed by atoms with Crippen LogP contribution in [-0.4, -0.2) is 17.8 Å². The molecular weight excluding hydrogens is 278 g/mol. The molecule has 0 aliphatic carbocycles. The molecule has 0 atom stereocenters. The van der Waals surface area contributed by atoms with E-state index in [2.05, 4.69) is 55.6 Å². The Kier molecular flexibility index (Phi) is 2.99. The topological polar surface area (TPSA) is 27.6 Å². The zero-order chi connectivity index (χ0) is 11.7. The first-order chi connectivity index (χ1) is 8.31. The Morgan fingerprint density at radius 2 is 2.12 bits per heavy atom. The molecule has 0 amide bonds. The molecule has 2 aliphatic rings. The molecule has 1 aromatic rings. The average Bonchev–Trinajstić information content (AvgIpc) is 2.71. The number of benzene rings is 1. The molecule has 0 radical (unpaired) electrons. The summed E-state index contributed by atoms with van der Waals surface area (Å²) in [6, 6.07) is 6.50. The van der Waals surface area contributed by atoms with Gasteiger partial charge in [-0.1, -0.05) is 22.0 Å². The maximum Gasteiger partial charge on any atom is 0.0444 e. The molecule has 2 heterocycles. The zero-order valence-electron chi connectivity index (χ0n) is 9.49. The second-order valence-corrected chi connectivity index (χ2v) is 5.29. The van der Waals surface area contributed by atoms with E-state index in [0.29, 0.717) is 0 Å². The summed E-state index contributed by atoms with van der Waals surface area (Å²) >= 11 is 3.52. The quantitative estimate of drug-likeness (QED) is 0.907. The molecule has 17 heavy (non-hydrogen) atoms. The van der Waals surface area contributed by atoms with Crippen LogP contribution in [0, 0.1) is 0 Å². The third-order valence-electron chi connectivity index (χ3n) is 3.08. The van der Waals surface area contributed by atoms with E-state index in [-0.39, 0.29) is 0 Å². The Morgan fingerprint density at radius 3 is 2.94 bits per heavy atom. The fraction of sp³-hybridized carbons (Fsp3) is 0.308. The zero-order valence-corrected chi connectivity index (χ0v) is 11.1. The Bertz CT molecular complexity index is 493. The van der Waals surface area contributed by atoms with Gasteiger partial charge < -0.3 is 5.43 Å². The van der Waals surface area contributed by atoms with Gasteiger partial charge in [0.1, 0.15) is 0 Å². The molecule has 0 saturated carbocycles. The third kappa shape index (κ3) is 2.42. The minimum atomic E-state index is 0.894. The molecule has 0 unspecified atom stereocenters. The summed E-state index contributed by atoms with van der Waals surface area (Å²) in [6.07, 6.45) is 4.95. The van der Waals surface area contributed by atoms with Gasteiger partial charge in [-0.25, -0.2) is 5.01 Å². The van der Waals surface area contributed by atoms with Crippen molar-refractivity contribution in [3.8, 4) is 0 Å². The number of dihydropyridines is 1.